The van der Waals surface area contributed by atoms with E-state index in [0.717, 1.165) is 6.08 Å². The topological polar surface area (TPSA) is 75.6 Å². The molecule has 0 spiro atoms. The van der Waals surface area contributed by atoms with Crippen molar-refractivity contribution in [2.75, 3.05) is 13.7 Å². The summed E-state index contributed by atoms with van der Waals surface area (Å²) in [6.45, 7) is 0.188. The average molecular weight is 284 g/mol. The number of amides is 1. The fourth-order valence-electron chi connectivity index (χ4n) is 1.34. The first-order chi connectivity index (χ1) is 9.04. The van der Waals surface area contributed by atoms with Crippen LogP contribution < -0.4 is 10.1 Å². The van der Waals surface area contributed by atoms with Crippen LogP contribution in [0.1, 0.15) is 12.0 Å². The van der Waals surface area contributed by atoms with Gasteiger partial charge in [-0.3, -0.25) is 4.79 Å². The third-order valence-corrected chi connectivity index (χ3v) is 2.60. The van der Waals surface area contributed by atoms with E-state index in [0.29, 0.717) is 16.3 Å². The Morgan fingerprint density at radius 2 is 2.21 bits per heavy atom. The summed E-state index contributed by atoms with van der Waals surface area (Å²) in [5, 5.41) is 11.5. The van der Waals surface area contributed by atoms with Gasteiger partial charge in [-0.1, -0.05) is 17.7 Å². The molecule has 0 bridgehead atoms. The molecule has 0 fully saturated rings. The number of ether oxygens (including phenoxy) is 1. The molecule has 0 aliphatic rings. The zero-order chi connectivity index (χ0) is 14.3. The number of nitrogens with one attached hydrogen (secondary N) is 1. The molecule has 0 radical (unpaired) electrons. The van der Waals surface area contributed by atoms with Crippen LogP contribution in [-0.2, 0) is 9.59 Å². The number of carboxylic acid groups (broad SMARTS) is 1. The lowest BCUT2D eigenvalue weighted by molar-refractivity contribution is -0.131. The second kappa shape index (κ2) is 7.43. The number of aliphatic carboxylic acids is 1. The number of hydrogen-bond acceptors (Lipinski definition) is 3. The van der Waals surface area contributed by atoms with Gasteiger partial charge in [0.25, 0.3) is 0 Å². The van der Waals surface area contributed by atoms with Crippen LogP contribution in [0.2, 0.25) is 5.02 Å². The van der Waals surface area contributed by atoms with Crippen molar-refractivity contribution in [1.29, 1.82) is 0 Å². The summed E-state index contributed by atoms with van der Waals surface area (Å²) in [5.41, 5.74) is 0.475. The summed E-state index contributed by atoms with van der Waals surface area (Å²) in [5.74, 6) is -0.769. The third-order valence-electron chi connectivity index (χ3n) is 2.27. The molecule has 0 heterocycles. The second-order valence-corrected chi connectivity index (χ2v) is 4.00. The Morgan fingerprint density at radius 1 is 1.47 bits per heavy atom. The Morgan fingerprint density at radius 3 is 2.84 bits per heavy atom. The van der Waals surface area contributed by atoms with Crippen molar-refractivity contribution in [3.63, 3.8) is 0 Å². The Labute approximate surface area is 115 Å². The summed E-state index contributed by atoms with van der Waals surface area (Å²) in [6, 6.07) is 4.99. The molecular formula is C13H14ClNO4. The maximum atomic E-state index is 11.1. The summed E-state index contributed by atoms with van der Waals surface area (Å²) >= 11 is 5.98. The van der Waals surface area contributed by atoms with Gasteiger partial charge in [-0.2, -0.15) is 0 Å². The molecule has 0 atom stereocenters. The molecule has 1 rings (SSSR count). The highest BCUT2D eigenvalue weighted by molar-refractivity contribution is 6.32. The molecule has 0 saturated carbocycles. The molecule has 0 unspecified atom stereocenters. The fourth-order valence-corrected chi connectivity index (χ4v) is 1.57. The Balaban J connectivity index is 2.79. The monoisotopic (exact) mass is 283 g/mol. The summed E-state index contributed by atoms with van der Waals surface area (Å²) in [4.78, 5) is 21.6. The van der Waals surface area contributed by atoms with E-state index in [1.807, 2.05) is 0 Å². The molecule has 0 aromatic heterocycles. The molecule has 1 aromatic carbocycles. The van der Waals surface area contributed by atoms with Crippen LogP contribution in [0, 0.1) is 0 Å². The smallest absolute Gasteiger partial charge is 0.328 e. The lowest BCUT2D eigenvalue weighted by Crippen LogP contribution is -2.20. The van der Waals surface area contributed by atoms with Gasteiger partial charge in [0.2, 0.25) is 5.91 Å². The molecule has 1 aromatic rings. The van der Waals surface area contributed by atoms with Gasteiger partial charge < -0.3 is 15.2 Å². The maximum Gasteiger partial charge on any atom is 0.328 e. The molecule has 19 heavy (non-hydrogen) atoms. The SMILES string of the molecule is CNC(=O)CCOc1cccc(Cl)c1/C=C/C(=O)O. The maximum absolute atomic E-state index is 11.1. The van der Waals surface area contributed by atoms with Crippen molar-refractivity contribution in [3.05, 3.63) is 34.9 Å². The van der Waals surface area contributed by atoms with E-state index < -0.39 is 5.97 Å². The van der Waals surface area contributed by atoms with Crippen LogP contribution in [0.4, 0.5) is 0 Å². The van der Waals surface area contributed by atoms with Gasteiger partial charge in [0.15, 0.2) is 0 Å². The minimum atomic E-state index is -1.07. The van der Waals surface area contributed by atoms with E-state index in [1.54, 1.807) is 25.2 Å². The Hall–Kier alpha value is -2.01. The van der Waals surface area contributed by atoms with Crippen molar-refractivity contribution in [2.45, 2.75) is 6.42 Å². The van der Waals surface area contributed by atoms with Gasteiger partial charge in [-0.05, 0) is 18.2 Å². The second-order valence-electron chi connectivity index (χ2n) is 3.59. The molecule has 0 aliphatic carbocycles. The van der Waals surface area contributed by atoms with E-state index in [-0.39, 0.29) is 18.9 Å². The van der Waals surface area contributed by atoms with Crippen LogP contribution in [-0.4, -0.2) is 30.6 Å². The third kappa shape index (κ3) is 5.01. The zero-order valence-corrected chi connectivity index (χ0v) is 11.1. The average Bonchev–Trinajstić information content (AvgIpc) is 2.37. The number of carbonyl (C=O) groups is 2. The van der Waals surface area contributed by atoms with Crippen molar-refractivity contribution in [2.24, 2.45) is 0 Å². The number of hydrogen-bond donors (Lipinski definition) is 2. The molecule has 1 amide bonds. The highest BCUT2D eigenvalue weighted by Crippen LogP contribution is 2.27. The molecule has 0 aliphatic heterocycles. The van der Waals surface area contributed by atoms with E-state index >= 15 is 0 Å². The molecular weight excluding hydrogens is 270 g/mol. The van der Waals surface area contributed by atoms with Gasteiger partial charge in [0.05, 0.1) is 18.1 Å². The van der Waals surface area contributed by atoms with Crippen LogP contribution in [0.15, 0.2) is 24.3 Å². The minimum Gasteiger partial charge on any atom is -0.492 e. The van der Waals surface area contributed by atoms with Crippen LogP contribution in [0.25, 0.3) is 6.08 Å². The minimum absolute atomic E-state index is 0.135. The Bertz CT molecular complexity index is 499. The predicted molar refractivity (Wildman–Crippen MR) is 72.3 cm³/mol. The van der Waals surface area contributed by atoms with Crippen molar-refractivity contribution < 1.29 is 19.4 Å². The first-order valence-electron chi connectivity index (χ1n) is 5.57. The largest absolute Gasteiger partial charge is 0.492 e. The van der Waals surface area contributed by atoms with Gasteiger partial charge in [0.1, 0.15) is 5.75 Å². The molecule has 5 nitrogen and oxygen atoms in total. The van der Waals surface area contributed by atoms with Crippen molar-refractivity contribution in [3.8, 4) is 5.75 Å². The fraction of sp³-hybridized carbons (Fsp3) is 0.231. The lowest BCUT2D eigenvalue weighted by atomic mass is 10.2. The highest BCUT2D eigenvalue weighted by atomic mass is 35.5. The predicted octanol–water partition coefficient (Wildman–Crippen LogP) is 1.95. The van der Waals surface area contributed by atoms with E-state index in [2.05, 4.69) is 5.32 Å². The molecule has 2 N–H and O–H groups in total. The molecule has 102 valence electrons. The quantitative estimate of drug-likeness (QED) is 0.783. The first-order valence-corrected chi connectivity index (χ1v) is 5.95. The summed E-state index contributed by atoms with van der Waals surface area (Å²) in [7, 11) is 1.54. The van der Waals surface area contributed by atoms with Gasteiger partial charge in [-0.25, -0.2) is 4.79 Å². The van der Waals surface area contributed by atoms with Crippen LogP contribution >= 0.6 is 11.6 Å². The Kier molecular flexibility index (Phi) is 5.89. The number of rotatable bonds is 6. The highest BCUT2D eigenvalue weighted by Gasteiger charge is 2.07. The molecule has 6 heteroatoms. The van der Waals surface area contributed by atoms with E-state index in [1.165, 1.54) is 6.08 Å². The van der Waals surface area contributed by atoms with E-state index in [4.69, 9.17) is 21.4 Å². The standard InChI is InChI=1S/C13H14ClNO4/c1-15-12(16)7-8-19-11-4-2-3-10(14)9(11)5-6-13(17)18/h2-6H,7-8H2,1H3,(H,15,16)(H,17,18)/b6-5+. The number of halogens is 1. The van der Waals surface area contributed by atoms with Gasteiger partial charge in [0, 0.05) is 18.7 Å². The number of benzene rings is 1. The van der Waals surface area contributed by atoms with Crippen molar-refractivity contribution in [1.82, 2.24) is 5.32 Å². The lowest BCUT2D eigenvalue weighted by Gasteiger charge is -2.10. The summed E-state index contributed by atoms with van der Waals surface area (Å²) < 4.78 is 5.43. The zero-order valence-electron chi connectivity index (χ0n) is 10.4. The summed E-state index contributed by atoms with van der Waals surface area (Å²) in [6.07, 6.45) is 2.55. The number of carboxylic acids is 1. The molecule has 0 saturated heterocycles. The first kappa shape index (κ1) is 15.0. The van der Waals surface area contributed by atoms with Gasteiger partial charge in [-0.15, -0.1) is 0 Å². The van der Waals surface area contributed by atoms with Crippen LogP contribution in [0.5, 0.6) is 5.75 Å². The van der Waals surface area contributed by atoms with Gasteiger partial charge >= 0.3 is 5.97 Å². The normalized spacial score (nSPS) is 10.4. The van der Waals surface area contributed by atoms with Crippen LogP contribution in [0.3, 0.4) is 0 Å². The number of carbonyl (C=O) groups excluding carboxylic acids is 1. The van der Waals surface area contributed by atoms with Crippen molar-refractivity contribution >= 4 is 29.6 Å². The van der Waals surface area contributed by atoms with E-state index in [9.17, 15) is 9.59 Å².